The van der Waals surface area contributed by atoms with E-state index in [0.717, 1.165) is 15.1 Å². The van der Waals surface area contributed by atoms with Gasteiger partial charge in [-0.15, -0.1) is 11.3 Å². The van der Waals surface area contributed by atoms with Gasteiger partial charge >= 0.3 is 5.63 Å². The molecule has 4 aromatic rings. The summed E-state index contributed by atoms with van der Waals surface area (Å²) in [6.07, 6.45) is 0. The van der Waals surface area contributed by atoms with E-state index >= 15 is 0 Å². The molecule has 2 aromatic carbocycles. The Labute approximate surface area is 170 Å². The molecule has 2 heterocycles. The van der Waals surface area contributed by atoms with Gasteiger partial charge in [-0.25, -0.2) is 9.78 Å². The van der Waals surface area contributed by atoms with Gasteiger partial charge in [0.05, 0.1) is 34.6 Å². The van der Waals surface area contributed by atoms with Gasteiger partial charge in [-0.05, 0) is 30.3 Å². The average Bonchev–Trinajstić information content (AvgIpc) is 3.14. The Hall–Kier alpha value is -2.78. The number of aliphatic hydroxyl groups excluding tert-OH is 2. The third-order valence-corrected chi connectivity index (χ3v) is 5.93. The normalized spacial score (nSPS) is 11.7. The highest BCUT2D eigenvalue weighted by Gasteiger charge is 2.19. The third kappa shape index (κ3) is 3.88. The predicted molar refractivity (Wildman–Crippen MR) is 111 cm³/mol. The third-order valence-electron chi connectivity index (χ3n) is 4.86. The minimum absolute atomic E-state index is 0.0155. The highest BCUT2D eigenvalue weighted by atomic mass is 32.1. The molecule has 0 amide bonds. The molecule has 0 spiro atoms. The minimum Gasteiger partial charge on any atom is -0.507 e. The van der Waals surface area contributed by atoms with Crippen molar-refractivity contribution in [1.29, 1.82) is 0 Å². The van der Waals surface area contributed by atoms with Gasteiger partial charge in [0, 0.05) is 5.39 Å². The number of phenolic OH excluding ortho intramolecular Hbond substituents is 1. The molecule has 29 heavy (non-hydrogen) atoms. The minimum atomic E-state index is -0.519. The van der Waals surface area contributed by atoms with Crippen molar-refractivity contribution in [2.45, 2.75) is 6.54 Å². The summed E-state index contributed by atoms with van der Waals surface area (Å²) in [5.74, 6) is 0.0155. The summed E-state index contributed by atoms with van der Waals surface area (Å²) in [5, 5.41) is 30.1. The van der Waals surface area contributed by atoms with Crippen LogP contribution in [0.2, 0.25) is 0 Å². The molecule has 4 rings (SSSR count). The van der Waals surface area contributed by atoms with Crippen LogP contribution in [0.25, 0.3) is 31.8 Å². The number of nitrogens with zero attached hydrogens (tertiary/aromatic N) is 1. The Morgan fingerprint density at radius 2 is 1.83 bits per heavy atom. The van der Waals surface area contributed by atoms with E-state index in [0.29, 0.717) is 46.7 Å². The number of fused-ring (bicyclic) bond motifs is 2. The van der Waals surface area contributed by atoms with Crippen LogP contribution in [0.15, 0.2) is 51.7 Å². The maximum Gasteiger partial charge on any atom is 0.346 e. The molecular formula is C21H21N2O5S+. The van der Waals surface area contributed by atoms with Crippen LogP contribution >= 0.6 is 11.3 Å². The zero-order valence-electron chi connectivity index (χ0n) is 15.6. The van der Waals surface area contributed by atoms with E-state index in [2.05, 4.69) is 4.98 Å². The van der Waals surface area contributed by atoms with Crippen molar-refractivity contribution in [2.75, 3.05) is 26.3 Å². The SMILES string of the molecule is O=c1oc2c(C[NH+](CCO)CCO)c(O)ccc2cc1-c1nc2ccccc2s1. The highest BCUT2D eigenvalue weighted by molar-refractivity contribution is 7.21. The fraction of sp³-hybridized carbons (Fsp3) is 0.238. The Morgan fingerprint density at radius 3 is 2.55 bits per heavy atom. The summed E-state index contributed by atoms with van der Waals surface area (Å²) in [6.45, 7) is 1.03. The number of hydrogen-bond donors (Lipinski definition) is 4. The molecule has 0 atom stereocenters. The summed E-state index contributed by atoms with van der Waals surface area (Å²) in [4.78, 5) is 18.2. The number of para-hydroxylation sites is 1. The first kappa shape index (κ1) is 19.5. The van der Waals surface area contributed by atoms with Gasteiger partial charge in [0.1, 0.15) is 30.4 Å². The van der Waals surface area contributed by atoms with Crippen molar-refractivity contribution >= 4 is 32.5 Å². The molecule has 0 fully saturated rings. The number of rotatable bonds is 7. The number of benzene rings is 2. The van der Waals surface area contributed by atoms with E-state index in [-0.39, 0.29) is 19.0 Å². The van der Waals surface area contributed by atoms with Gasteiger partial charge in [-0.1, -0.05) is 12.1 Å². The first-order valence-corrected chi connectivity index (χ1v) is 10.1. The van der Waals surface area contributed by atoms with Gasteiger partial charge in [0.2, 0.25) is 0 Å². The molecule has 150 valence electrons. The number of thiazole rings is 1. The van der Waals surface area contributed by atoms with Crippen molar-refractivity contribution in [1.82, 2.24) is 4.98 Å². The molecule has 0 aliphatic rings. The van der Waals surface area contributed by atoms with Crippen molar-refractivity contribution in [2.24, 2.45) is 0 Å². The number of quaternary nitrogens is 1. The van der Waals surface area contributed by atoms with Crippen molar-refractivity contribution in [3.8, 4) is 16.3 Å². The largest absolute Gasteiger partial charge is 0.507 e. The van der Waals surface area contributed by atoms with Gasteiger partial charge in [-0.3, -0.25) is 0 Å². The fourth-order valence-corrected chi connectivity index (χ4v) is 4.38. The lowest BCUT2D eigenvalue weighted by Crippen LogP contribution is -3.11. The lowest BCUT2D eigenvalue weighted by atomic mass is 10.1. The van der Waals surface area contributed by atoms with E-state index in [1.807, 2.05) is 24.3 Å². The van der Waals surface area contributed by atoms with E-state index < -0.39 is 5.63 Å². The fourth-order valence-electron chi connectivity index (χ4n) is 3.41. The first-order valence-electron chi connectivity index (χ1n) is 9.30. The number of aromatic nitrogens is 1. The van der Waals surface area contributed by atoms with Crippen LogP contribution in [-0.4, -0.2) is 46.6 Å². The zero-order chi connectivity index (χ0) is 20.4. The summed E-state index contributed by atoms with van der Waals surface area (Å²) in [5.41, 5.74) is 1.48. The van der Waals surface area contributed by atoms with E-state index in [4.69, 9.17) is 4.42 Å². The molecule has 0 radical (unpaired) electrons. The molecule has 2 aromatic heterocycles. The van der Waals surface area contributed by atoms with Crippen LogP contribution in [-0.2, 0) is 6.54 Å². The molecule has 4 N–H and O–H groups in total. The molecule has 0 aliphatic carbocycles. The molecule has 0 saturated heterocycles. The van der Waals surface area contributed by atoms with Gasteiger partial charge in [0.25, 0.3) is 0 Å². The number of phenols is 1. The zero-order valence-corrected chi connectivity index (χ0v) is 16.4. The molecule has 0 saturated carbocycles. The van der Waals surface area contributed by atoms with Crippen LogP contribution < -0.4 is 10.5 Å². The van der Waals surface area contributed by atoms with Crippen LogP contribution in [0.1, 0.15) is 5.56 Å². The standard InChI is InChI=1S/C21H20N2O5S/c24-9-7-23(8-10-25)12-15-17(26)6-5-13-11-14(21(27)28-19(13)15)20-22-16-3-1-2-4-18(16)29-20/h1-6,11,24-26H,7-10,12H2/p+1. The summed E-state index contributed by atoms with van der Waals surface area (Å²) in [7, 11) is 0. The lowest BCUT2D eigenvalue weighted by Gasteiger charge is -2.18. The van der Waals surface area contributed by atoms with E-state index in [9.17, 15) is 20.1 Å². The van der Waals surface area contributed by atoms with Crippen LogP contribution in [0.5, 0.6) is 5.75 Å². The smallest absolute Gasteiger partial charge is 0.346 e. The molecular weight excluding hydrogens is 392 g/mol. The Morgan fingerprint density at radius 1 is 1.07 bits per heavy atom. The van der Waals surface area contributed by atoms with Crippen molar-refractivity contribution in [3.63, 3.8) is 0 Å². The second-order valence-corrected chi connectivity index (χ2v) is 7.82. The monoisotopic (exact) mass is 413 g/mol. The number of aliphatic hydroxyl groups is 2. The molecule has 0 aliphatic heterocycles. The molecule has 0 unspecified atom stereocenters. The summed E-state index contributed by atoms with van der Waals surface area (Å²) < 4.78 is 6.61. The van der Waals surface area contributed by atoms with Gasteiger partial charge in [0.15, 0.2) is 5.58 Å². The quantitative estimate of drug-likeness (QED) is 0.339. The molecule has 7 nitrogen and oxygen atoms in total. The van der Waals surface area contributed by atoms with Gasteiger partial charge in [-0.2, -0.15) is 0 Å². The topological polar surface area (TPSA) is 108 Å². The van der Waals surface area contributed by atoms with Crippen LogP contribution in [0.4, 0.5) is 0 Å². The maximum atomic E-state index is 12.7. The molecule has 8 heteroatoms. The number of hydrogen-bond acceptors (Lipinski definition) is 7. The lowest BCUT2D eigenvalue weighted by molar-refractivity contribution is -0.914. The Balaban J connectivity index is 1.80. The highest BCUT2D eigenvalue weighted by Crippen LogP contribution is 2.32. The van der Waals surface area contributed by atoms with Crippen molar-refractivity contribution < 1.29 is 24.6 Å². The Bertz CT molecular complexity index is 1180. The predicted octanol–water partition coefficient (Wildman–Crippen LogP) is 1.14. The second kappa shape index (κ2) is 8.30. The van der Waals surface area contributed by atoms with Gasteiger partial charge < -0.3 is 24.6 Å². The first-order chi connectivity index (χ1) is 14.1. The van der Waals surface area contributed by atoms with Crippen LogP contribution in [0, 0.1) is 0 Å². The number of aromatic hydroxyl groups is 1. The van der Waals surface area contributed by atoms with E-state index in [1.54, 1.807) is 18.2 Å². The summed E-state index contributed by atoms with van der Waals surface area (Å²) >= 11 is 1.42. The second-order valence-electron chi connectivity index (χ2n) is 6.79. The maximum absolute atomic E-state index is 12.7. The van der Waals surface area contributed by atoms with Crippen molar-refractivity contribution in [3.05, 3.63) is 58.4 Å². The average molecular weight is 413 g/mol. The Kier molecular flexibility index (Phi) is 5.59. The number of nitrogens with one attached hydrogen (secondary N) is 1. The van der Waals surface area contributed by atoms with Crippen LogP contribution in [0.3, 0.4) is 0 Å². The molecule has 0 bridgehead atoms. The van der Waals surface area contributed by atoms with E-state index in [1.165, 1.54) is 11.3 Å². The summed E-state index contributed by atoms with van der Waals surface area (Å²) in [6, 6.07) is 12.7.